The first kappa shape index (κ1) is 12.8. The maximum Gasteiger partial charge on any atom is -0.00159 e. The zero-order chi connectivity index (χ0) is 12.0. The second kappa shape index (κ2) is 6.35. The van der Waals surface area contributed by atoms with Crippen molar-refractivity contribution in [3.8, 4) is 0 Å². The molecule has 0 atom stereocenters. The van der Waals surface area contributed by atoms with E-state index in [0.717, 1.165) is 25.7 Å². The smallest absolute Gasteiger partial charge is 0.00159 e. The van der Waals surface area contributed by atoms with Crippen LogP contribution in [0.1, 0.15) is 43.0 Å². The topological polar surface area (TPSA) is 0 Å². The van der Waals surface area contributed by atoms with E-state index in [1.54, 1.807) is 0 Å². The van der Waals surface area contributed by atoms with Crippen molar-refractivity contribution >= 4 is 0 Å². The van der Waals surface area contributed by atoms with Gasteiger partial charge in [-0.2, -0.15) is 0 Å². The Kier molecular flexibility index (Phi) is 5.08. The number of rotatable bonds is 5. The lowest BCUT2D eigenvalue weighted by Gasteiger charge is -2.15. The molecule has 0 radical (unpaired) electrons. The summed E-state index contributed by atoms with van der Waals surface area (Å²) in [5.74, 6) is 0. The third-order valence-corrected chi connectivity index (χ3v) is 3.19. The number of aryl methyl sites for hydroxylation is 2. The van der Waals surface area contributed by atoms with Crippen molar-refractivity contribution in [3.63, 3.8) is 0 Å². The molecular weight excluding hydrogens is 192 g/mol. The van der Waals surface area contributed by atoms with Gasteiger partial charge in [0.1, 0.15) is 0 Å². The van der Waals surface area contributed by atoms with Crippen LogP contribution in [0.3, 0.4) is 0 Å². The Morgan fingerprint density at radius 1 is 1.00 bits per heavy atom. The molecule has 0 aliphatic heterocycles. The molecule has 0 saturated carbocycles. The summed E-state index contributed by atoms with van der Waals surface area (Å²) in [6.45, 7) is 10.3. The first-order valence-corrected chi connectivity index (χ1v) is 6.25. The highest BCUT2D eigenvalue weighted by Crippen LogP contribution is 2.22. The molecule has 0 N–H and O–H groups in total. The van der Waals surface area contributed by atoms with Crippen molar-refractivity contribution in [2.45, 2.75) is 46.5 Å². The van der Waals surface area contributed by atoms with Gasteiger partial charge in [0.05, 0.1) is 0 Å². The van der Waals surface area contributed by atoms with E-state index < -0.39 is 0 Å². The second-order valence-corrected chi connectivity index (χ2v) is 4.01. The summed E-state index contributed by atoms with van der Waals surface area (Å²) in [5, 5.41) is 0. The molecule has 0 aromatic heterocycles. The van der Waals surface area contributed by atoms with Crippen LogP contribution in [0.15, 0.2) is 30.5 Å². The van der Waals surface area contributed by atoms with Gasteiger partial charge in [-0.3, -0.25) is 0 Å². The zero-order valence-electron chi connectivity index (χ0n) is 10.8. The highest BCUT2D eigenvalue weighted by Gasteiger charge is 2.08. The van der Waals surface area contributed by atoms with Gasteiger partial charge in [-0.1, -0.05) is 39.5 Å². The molecule has 0 aliphatic carbocycles. The van der Waals surface area contributed by atoms with Gasteiger partial charge in [0.2, 0.25) is 0 Å². The summed E-state index contributed by atoms with van der Waals surface area (Å²) in [5.41, 5.74) is 8.88. The summed E-state index contributed by atoms with van der Waals surface area (Å²) in [6, 6.07) is 4.57. The molecule has 0 bridgehead atoms. The van der Waals surface area contributed by atoms with Crippen LogP contribution in [0.25, 0.3) is 0 Å². The van der Waals surface area contributed by atoms with Crippen molar-refractivity contribution in [1.82, 2.24) is 0 Å². The Labute approximate surface area is 99.7 Å². The SMILES string of the molecule is C=C=CCc1c(CC)ccc(CC)c1CC. The molecule has 0 spiro atoms. The van der Waals surface area contributed by atoms with Crippen molar-refractivity contribution in [1.29, 1.82) is 0 Å². The van der Waals surface area contributed by atoms with E-state index in [1.165, 1.54) is 22.3 Å². The summed E-state index contributed by atoms with van der Waals surface area (Å²) in [6.07, 6.45) is 6.36. The first-order chi connectivity index (χ1) is 7.78. The van der Waals surface area contributed by atoms with Crippen LogP contribution in [-0.4, -0.2) is 0 Å². The lowest BCUT2D eigenvalue weighted by molar-refractivity contribution is 0.967. The first-order valence-electron chi connectivity index (χ1n) is 6.25. The predicted molar refractivity (Wildman–Crippen MR) is 72.0 cm³/mol. The highest BCUT2D eigenvalue weighted by atomic mass is 14.1. The van der Waals surface area contributed by atoms with E-state index in [9.17, 15) is 0 Å². The van der Waals surface area contributed by atoms with Crippen LogP contribution in [-0.2, 0) is 25.7 Å². The summed E-state index contributed by atoms with van der Waals surface area (Å²) in [7, 11) is 0. The molecule has 0 heterocycles. The van der Waals surface area contributed by atoms with Crippen LogP contribution < -0.4 is 0 Å². The van der Waals surface area contributed by atoms with E-state index in [1.807, 2.05) is 6.08 Å². The quantitative estimate of drug-likeness (QED) is 0.642. The number of allylic oxidation sites excluding steroid dienone is 1. The predicted octanol–water partition coefficient (Wildman–Crippen LogP) is 4.26. The fraction of sp³-hybridized carbons (Fsp3) is 0.438. The van der Waals surface area contributed by atoms with E-state index in [0.29, 0.717) is 0 Å². The van der Waals surface area contributed by atoms with E-state index in [2.05, 4.69) is 45.2 Å². The van der Waals surface area contributed by atoms with E-state index in [4.69, 9.17) is 0 Å². The van der Waals surface area contributed by atoms with Crippen LogP contribution >= 0.6 is 0 Å². The standard InChI is InChI=1S/C16H22/c1-5-9-10-16-14(7-3)12-11-13(6-2)15(16)8-4/h9,11-12H,1,6-8,10H2,2-4H3. The molecular formula is C16H22. The molecule has 0 amide bonds. The summed E-state index contributed by atoms with van der Waals surface area (Å²) < 4.78 is 0. The monoisotopic (exact) mass is 214 g/mol. The molecule has 0 fully saturated rings. The lowest BCUT2D eigenvalue weighted by atomic mass is 9.90. The number of hydrogen-bond donors (Lipinski definition) is 0. The summed E-state index contributed by atoms with van der Waals surface area (Å²) >= 11 is 0. The Balaban J connectivity index is 3.29. The molecule has 1 aromatic rings. The molecule has 86 valence electrons. The van der Waals surface area contributed by atoms with Gasteiger partial charge >= 0.3 is 0 Å². The van der Waals surface area contributed by atoms with E-state index >= 15 is 0 Å². The van der Waals surface area contributed by atoms with Gasteiger partial charge in [-0.05, 0) is 54.0 Å². The molecule has 0 nitrogen and oxygen atoms in total. The van der Waals surface area contributed by atoms with Crippen LogP contribution in [0, 0.1) is 0 Å². The average Bonchev–Trinajstić information content (AvgIpc) is 2.34. The Morgan fingerprint density at radius 2 is 1.56 bits per heavy atom. The summed E-state index contributed by atoms with van der Waals surface area (Å²) in [4.78, 5) is 0. The van der Waals surface area contributed by atoms with Gasteiger partial charge in [-0.25, -0.2) is 0 Å². The van der Waals surface area contributed by atoms with Gasteiger partial charge in [0.25, 0.3) is 0 Å². The number of benzene rings is 1. The fourth-order valence-electron chi connectivity index (χ4n) is 2.32. The van der Waals surface area contributed by atoms with Crippen LogP contribution in [0.4, 0.5) is 0 Å². The molecule has 16 heavy (non-hydrogen) atoms. The molecule has 0 aliphatic rings. The maximum atomic E-state index is 3.65. The highest BCUT2D eigenvalue weighted by molar-refractivity contribution is 5.42. The Hall–Kier alpha value is -1.26. The van der Waals surface area contributed by atoms with Crippen LogP contribution in [0.5, 0.6) is 0 Å². The zero-order valence-corrected chi connectivity index (χ0v) is 10.8. The number of hydrogen-bond acceptors (Lipinski definition) is 0. The minimum Gasteiger partial charge on any atom is -0.133 e. The van der Waals surface area contributed by atoms with Crippen LogP contribution in [0.2, 0.25) is 0 Å². The lowest BCUT2D eigenvalue weighted by Crippen LogP contribution is -2.02. The minimum absolute atomic E-state index is 0.976. The second-order valence-electron chi connectivity index (χ2n) is 4.01. The third-order valence-electron chi connectivity index (χ3n) is 3.19. The Morgan fingerprint density at radius 3 is 2.00 bits per heavy atom. The maximum absolute atomic E-state index is 3.65. The van der Waals surface area contributed by atoms with E-state index in [-0.39, 0.29) is 0 Å². The molecule has 1 rings (SSSR count). The van der Waals surface area contributed by atoms with Gasteiger partial charge in [0.15, 0.2) is 0 Å². The fourth-order valence-corrected chi connectivity index (χ4v) is 2.32. The average molecular weight is 214 g/mol. The molecule has 1 aromatic carbocycles. The van der Waals surface area contributed by atoms with Crippen molar-refractivity contribution in [3.05, 3.63) is 52.8 Å². The third kappa shape index (κ3) is 2.65. The van der Waals surface area contributed by atoms with Crippen molar-refractivity contribution < 1.29 is 0 Å². The van der Waals surface area contributed by atoms with Gasteiger partial charge < -0.3 is 0 Å². The normalized spacial score (nSPS) is 9.94. The van der Waals surface area contributed by atoms with Crippen molar-refractivity contribution in [2.75, 3.05) is 0 Å². The molecule has 0 heteroatoms. The Bertz CT molecular complexity index is 393. The van der Waals surface area contributed by atoms with Gasteiger partial charge in [0, 0.05) is 0 Å². The minimum atomic E-state index is 0.976. The van der Waals surface area contributed by atoms with Gasteiger partial charge in [-0.15, -0.1) is 5.73 Å². The largest absolute Gasteiger partial charge is 0.133 e. The molecule has 0 saturated heterocycles. The van der Waals surface area contributed by atoms with Crippen molar-refractivity contribution in [2.24, 2.45) is 0 Å². The molecule has 0 unspecified atom stereocenters.